The number of fused-ring (bicyclic) bond motifs is 1. The number of hydrogen-bond acceptors (Lipinski definition) is 4. The lowest BCUT2D eigenvalue weighted by atomic mass is 10.2. The number of methoxy groups -OCH3 is 1. The van der Waals surface area contributed by atoms with Gasteiger partial charge in [0.15, 0.2) is 0 Å². The van der Waals surface area contributed by atoms with Gasteiger partial charge in [0.25, 0.3) is 11.8 Å². The minimum atomic E-state index is -0.373. The Bertz CT molecular complexity index is 1030. The van der Waals surface area contributed by atoms with Crippen molar-refractivity contribution in [1.29, 1.82) is 0 Å². The van der Waals surface area contributed by atoms with Crippen LogP contribution in [0.4, 0.5) is 11.4 Å². The Hall–Kier alpha value is -3.67. The Labute approximate surface area is 162 Å². The molecule has 0 unspecified atom stereocenters. The van der Waals surface area contributed by atoms with Crippen molar-refractivity contribution in [2.45, 2.75) is 6.42 Å². The van der Waals surface area contributed by atoms with E-state index >= 15 is 0 Å². The fourth-order valence-corrected chi connectivity index (χ4v) is 3.24. The van der Waals surface area contributed by atoms with Gasteiger partial charge in [0.1, 0.15) is 17.1 Å². The third-order valence-corrected chi connectivity index (χ3v) is 4.68. The maximum absolute atomic E-state index is 12.9. The van der Waals surface area contributed by atoms with Gasteiger partial charge in [0.05, 0.1) is 7.11 Å². The molecule has 0 radical (unpaired) electrons. The Balaban J connectivity index is 1.52. The molecule has 2 aromatic carbocycles. The first-order valence-corrected chi connectivity index (χ1v) is 8.98. The molecule has 6 nitrogen and oxygen atoms in total. The quantitative estimate of drug-likeness (QED) is 0.759. The van der Waals surface area contributed by atoms with E-state index in [4.69, 9.17) is 4.74 Å². The molecule has 0 atom stereocenters. The number of pyridine rings is 1. The average molecular weight is 373 g/mol. The molecule has 4 rings (SSSR count). The van der Waals surface area contributed by atoms with Crippen LogP contribution in [0.1, 0.15) is 26.5 Å². The van der Waals surface area contributed by atoms with Crippen molar-refractivity contribution >= 4 is 23.2 Å². The molecule has 2 amide bonds. The van der Waals surface area contributed by atoms with Gasteiger partial charge in [-0.3, -0.25) is 9.59 Å². The van der Waals surface area contributed by atoms with Gasteiger partial charge in [-0.1, -0.05) is 24.3 Å². The molecule has 0 bridgehead atoms. The van der Waals surface area contributed by atoms with E-state index in [2.05, 4.69) is 10.3 Å². The van der Waals surface area contributed by atoms with Crippen LogP contribution in [0.25, 0.3) is 0 Å². The summed E-state index contributed by atoms with van der Waals surface area (Å²) in [6.07, 6.45) is 0.819. The molecule has 2 heterocycles. The Morgan fingerprint density at radius 1 is 0.964 bits per heavy atom. The van der Waals surface area contributed by atoms with Crippen LogP contribution >= 0.6 is 0 Å². The first-order valence-electron chi connectivity index (χ1n) is 8.98. The molecule has 1 aromatic heterocycles. The van der Waals surface area contributed by atoms with Crippen LogP contribution in [0, 0.1) is 0 Å². The van der Waals surface area contributed by atoms with Crippen molar-refractivity contribution in [3.05, 3.63) is 83.7 Å². The molecule has 140 valence electrons. The van der Waals surface area contributed by atoms with Crippen LogP contribution in [-0.2, 0) is 6.42 Å². The van der Waals surface area contributed by atoms with E-state index in [0.717, 1.165) is 17.7 Å². The van der Waals surface area contributed by atoms with Crippen molar-refractivity contribution in [2.75, 3.05) is 23.9 Å². The lowest BCUT2D eigenvalue weighted by Crippen LogP contribution is -2.30. The van der Waals surface area contributed by atoms with Gasteiger partial charge in [-0.05, 0) is 54.4 Å². The zero-order chi connectivity index (χ0) is 19.5. The minimum Gasteiger partial charge on any atom is -0.497 e. The van der Waals surface area contributed by atoms with Crippen LogP contribution < -0.4 is 15.0 Å². The number of aromatic nitrogens is 1. The van der Waals surface area contributed by atoms with E-state index in [1.165, 1.54) is 0 Å². The van der Waals surface area contributed by atoms with Gasteiger partial charge in [-0.15, -0.1) is 0 Å². The molecule has 1 aliphatic rings. The molecule has 1 aliphatic heterocycles. The summed E-state index contributed by atoms with van der Waals surface area (Å²) in [6.45, 7) is 0.613. The van der Waals surface area contributed by atoms with Crippen LogP contribution in [-0.4, -0.2) is 30.5 Å². The smallest absolute Gasteiger partial charge is 0.276 e. The zero-order valence-corrected chi connectivity index (χ0v) is 15.4. The predicted molar refractivity (Wildman–Crippen MR) is 107 cm³/mol. The molecule has 0 fully saturated rings. The number of anilines is 2. The normalized spacial score (nSPS) is 12.4. The van der Waals surface area contributed by atoms with Crippen molar-refractivity contribution < 1.29 is 14.3 Å². The molecular weight excluding hydrogens is 354 g/mol. The molecule has 0 aliphatic carbocycles. The van der Waals surface area contributed by atoms with Gasteiger partial charge in [0, 0.05) is 17.9 Å². The topological polar surface area (TPSA) is 71.5 Å². The molecule has 28 heavy (non-hydrogen) atoms. The summed E-state index contributed by atoms with van der Waals surface area (Å²) in [6, 6.07) is 19.7. The van der Waals surface area contributed by atoms with Crippen LogP contribution in [0.2, 0.25) is 0 Å². The van der Waals surface area contributed by atoms with E-state index in [1.807, 2.05) is 24.3 Å². The molecule has 0 spiro atoms. The Kier molecular flexibility index (Phi) is 4.76. The summed E-state index contributed by atoms with van der Waals surface area (Å²) in [5.74, 6) is 0.125. The summed E-state index contributed by atoms with van der Waals surface area (Å²) < 4.78 is 5.11. The van der Waals surface area contributed by atoms with E-state index in [9.17, 15) is 9.59 Å². The predicted octanol–water partition coefficient (Wildman–Crippen LogP) is 3.55. The monoisotopic (exact) mass is 373 g/mol. The van der Waals surface area contributed by atoms with Crippen molar-refractivity contribution in [3.8, 4) is 5.75 Å². The van der Waals surface area contributed by atoms with Crippen LogP contribution in [0.15, 0.2) is 66.7 Å². The molecule has 0 saturated heterocycles. The number of amides is 2. The van der Waals surface area contributed by atoms with Gasteiger partial charge in [-0.2, -0.15) is 0 Å². The fraction of sp³-hybridized carbons (Fsp3) is 0.136. The summed E-state index contributed by atoms with van der Waals surface area (Å²) in [7, 11) is 1.58. The number of para-hydroxylation sites is 1. The van der Waals surface area contributed by atoms with E-state index in [1.54, 1.807) is 54.5 Å². The maximum atomic E-state index is 12.9. The number of rotatable bonds is 4. The van der Waals surface area contributed by atoms with Gasteiger partial charge in [-0.25, -0.2) is 4.98 Å². The number of ether oxygens (including phenoxy) is 1. The SMILES string of the molecule is COc1ccc(NC(=O)c2cccc(C(=O)N3CCc4ccccc43)n2)cc1. The second-order valence-corrected chi connectivity index (χ2v) is 6.43. The zero-order valence-electron chi connectivity index (χ0n) is 15.4. The molecule has 6 heteroatoms. The number of nitrogens with one attached hydrogen (secondary N) is 1. The number of carbonyl (C=O) groups excluding carboxylic acids is 2. The number of hydrogen-bond donors (Lipinski definition) is 1. The maximum Gasteiger partial charge on any atom is 0.276 e. The lowest BCUT2D eigenvalue weighted by Gasteiger charge is -2.17. The highest BCUT2D eigenvalue weighted by molar-refractivity contribution is 6.08. The van der Waals surface area contributed by atoms with Gasteiger partial charge >= 0.3 is 0 Å². The van der Waals surface area contributed by atoms with E-state index < -0.39 is 0 Å². The third-order valence-electron chi connectivity index (χ3n) is 4.68. The first kappa shape index (κ1) is 17.7. The molecular formula is C22H19N3O3. The molecule has 0 saturated carbocycles. The summed E-state index contributed by atoms with van der Waals surface area (Å²) >= 11 is 0. The largest absolute Gasteiger partial charge is 0.497 e. The highest BCUT2D eigenvalue weighted by Crippen LogP contribution is 2.28. The summed E-state index contributed by atoms with van der Waals surface area (Å²) in [5.41, 5.74) is 3.11. The minimum absolute atomic E-state index is 0.189. The van der Waals surface area contributed by atoms with E-state index in [0.29, 0.717) is 18.0 Å². The second-order valence-electron chi connectivity index (χ2n) is 6.43. The van der Waals surface area contributed by atoms with E-state index in [-0.39, 0.29) is 23.2 Å². The lowest BCUT2D eigenvalue weighted by molar-refractivity contribution is 0.0984. The number of nitrogens with zero attached hydrogens (tertiary/aromatic N) is 2. The highest BCUT2D eigenvalue weighted by Gasteiger charge is 2.26. The fourth-order valence-electron chi connectivity index (χ4n) is 3.24. The van der Waals surface area contributed by atoms with Crippen molar-refractivity contribution in [3.63, 3.8) is 0 Å². The van der Waals surface area contributed by atoms with Crippen molar-refractivity contribution in [2.24, 2.45) is 0 Å². The number of benzene rings is 2. The van der Waals surface area contributed by atoms with Crippen molar-refractivity contribution in [1.82, 2.24) is 4.98 Å². The summed E-state index contributed by atoms with van der Waals surface area (Å²) in [4.78, 5) is 31.5. The summed E-state index contributed by atoms with van der Waals surface area (Å²) in [5, 5.41) is 2.78. The third kappa shape index (κ3) is 3.44. The van der Waals surface area contributed by atoms with Gasteiger partial charge < -0.3 is 15.0 Å². The van der Waals surface area contributed by atoms with Crippen LogP contribution in [0.3, 0.4) is 0 Å². The standard InChI is InChI=1S/C22H19N3O3/c1-28-17-11-9-16(10-12-17)23-21(26)18-6-4-7-19(24-18)22(27)25-14-13-15-5-2-3-8-20(15)25/h2-12H,13-14H2,1H3,(H,23,26). The first-order chi connectivity index (χ1) is 13.7. The second kappa shape index (κ2) is 7.52. The average Bonchev–Trinajstić information content (AvgIpc) is 3.18. The highest BCUT2D eigenvalue weighted by atomic mass is 16.5. The van der Waals surface area contributed by atoms with Gasteiger partial charge in [0.2, 0.25) is 0 Å². The van der Waals surface area contributed by atoms with Crippen LogP contribution in [0.5, 0.6) is 5.75 Å². The Morgan fingerprint density at radius 3 is 2.50 bits per heavy atom. The molecule has 3 aromatic rings. The Morgan fingerprint density at radius 2 is 1.71 bits per heavy atom. The molecule has 1 N–H and O–H groups in total. The number of carbonyl (C=O) groups is 2.